The fourth-order valence-electron chi connectivity index (χ4n) is 3.99. The third kappa shape index (κ3) is 5.27. The number of benzene rings is 2. The van der Waals surface area contributed by atoms with E-state index in [1.165, 1.54) is 5.56 Å². The molecule has 1 N–H and O–H groups in total. The summed E-state index contributed by atoms with van der Waals surface area (Å²) in [5.41, 5.74) is 3.67. The van der Waals surface area contributed by atoms with Crippen LogP contribution in [0.25, 0.3) is 0 Å². The molecule has 0 spiro atoms. The highest BCUT2D eigenvalue weighted by Crippen LogP contribution is 2.18. The van der Waals surface area contributed by atoms with Gasteiger partial charge >= 0.3 is 0 Å². The first-order valence-electron chi connectivity index (χ1n) is 10.4. The zero-order chi connectivity index (χ0) is 21.8. The largest absolute Gasteiger partial charge is 0.497 e. The Balaban J connectivity index is 1.33. The molecule has 162 valence electrons. The summed E-state index contributed by atoms with van der Waals surface area (Å²) < 4.78 is 7.30. The zero-order valence-electron chi connectivity index (χ0n) is 17.8. The van der Waals surface area contributed by atoms with Crippen molar-refractivity contribution in [3.63, 3.8) is 0 Å². The van der Waals surface area contributed by atoms with E-state index in [1.807, 2.05) is 47.9 Å². The minimum Gasteiger partial charge on any atom is -0.497 e. The number of carbonyl (C=O) groups is 1. The highest BCUT2D eigenvalue weighted by atomic mass is 35.5. The van der Waals surface area contributed by atoms with Gasteiger partial charge < -0.3 is 14.6 Å². The van der Waals surface area contributed by atoms with E-state index in [0.717, 1.165) is 43.1 Å². The van der Waals surface area contributed by atoms with Crippen molar-refractivity contribution in [1.29, 1.82) is 0 Å². The van der Waals surface area contributed by atoms with Gasteiger partial charge in [-0.15, -0.1) is 0 Å². The lowest BCUT2D eigenvalue weighted by Gasteiger charge is -2.17. The van der Waals surface area contributed by atoms with E-state index >= 15 is 0 Å². The Hall–Kier alpha value is -2.83. The van der Waals surface area contributed by atoms with Crippen LogP contribution in [0.3, 0.4) is 0 Å². The predicted octanol–water partition coefficient (Wildman–Crippen LogP) is 3.91. The lowest BCUT2D eigenvalue weighted by molar-refractivity contribution is 0.0932. The predicted molar refractivity (Wildman–Crippen MR) is 122 cm³/mol. The van der Waals surface area contributed by atoms with Crippen LogP contribution in [0, 0.1) is 6.92 Å². The van der Waals surface area contributed by atoms with Crippen molar-refractivity contribution >= 4 is 17.5 Å². The number of methoxy groups -OCH3 is 1. The number of hydrogen-bond acceptors (Lipinski definition) is 4. The van der Waals surface area contributed by atoms with Crippen molar-refractivity contribution in [1.82, 2.24) is 19.8 Å². The number of carbonyl (C=O) groups excluding carboxylic acids is 1. The zero-order valence-corrected chi connectivity index (χ0v) is 18.6. The molecule has 1 amide bonds. The van der Waals surface area contributed by atoms with Gasteiger partial charge in [0.05, 0.1) is 13.4 Å². The molecule has 4 rings (SSSR count). The number of likely N-dealkylation sites (tertiary alicyclic amines) is 1. The normalized spacial score (nSPS) is 16.4. The number of halogens is 1. The Labute approximate surface area is 187 Å². The van der Waals surface area contributed by atoms with Crippen molar-refractivity contribution in [3.05, 3.63) is 82.4 Å². The molecule has 2 heterocycles. The topological polar surface area (TPSA) is 59.4 Å². The van der Waals surface area contributed by atoms with E-state index in [4.69, 9.17) is 16.3 Å². The molecule has 1 aliphatic heterocycles. The molecule has 1 unspecified atom stereocenters. The Morgan fingerprint density at radius 3 is 2.77 bits per heavy atom. The molecule has 1 atom stereocenters. The maximum Gasteiger partial charge on any atom is 0.272 e. The van der Waals surface area contributed by atoms with Crippen LogP contribution in [0.2, 0.25) is 5.02 Å². The van der Waals surface area contributed by atoms with Crippen LogP contribution in [0.1, 0.15) is 33.7 Å². The monoisotopic (exact) mass is 438 g/mol. The number of hydrogen-bond donors (Lipinski definition) is 1. The molecule has 1 saturated heterocycles. The summed E-state index contributed by atoms with van der Waals surface area (Å²) in [4.78, 5) is 19.6. The van der Waals surface area contributed by atoms with Crippen LogP contribution in [0.15, 0.2) is 54.9 Å². The van der Waals surface area contributed by atoms with Gasteiger partial charge in [-0.3, -0.25) is 9.69 Å². The highest BCUT2D eigenvalue weighted by molar-refractivity contribution is 6.30. The minimum atomic E-state index is -0.111. The van der Waals surface area contributed by atoms with Crippen LogP contribution in [-0.4, -0.2) is 46.6 Å². The summed E-state index contributed by atoms with van der Waals surface area (Å²) in [7, 11) is 1.68. The summed E-state index contributed by atoms with van der Waals surface area (Å²) >= 11 is 5.96. The SMILES string of the molecule is COc1cccc(CN2CCC(NC(=O)c3ncn(Cc4ccc(Cl)cc4)c3C)C2)c1. The van der Waals surface area contributed by atoms with Crippen molar-refractivity contribution in [2.24, 2.45) is 0 Å². The number of imidazole rings is 1. The molecule has 0 aliphatic carbocycles. The van der Waals surface area contributed by atoms with Crippen molar-refractivity contribution < 1.29 is 9.53 Å². The van der Waals surface area contributed by atoms with Gasteiger partial charge in [0, 0.05) is 42.9 Å². The smallest absolute Gasteiger partial charge is 0.272 e. The van der Waals surface area contributed by atoms with Gasteiger partial charge in [0.2, 0.25) is 0 Å². The van der Waals surface area contributed by atoms with Crippen LogP contribution in [0.4, 0.5) is 0 Å². The average molecular weight is 439 g/mol. The number of ether oxygens (including phenoxy) is 1. The Bertz CT molecular complexity index is 1050. The van der Waals surface area contributed by atoms with Crippen molar-refractivity contribution in [2.45, 2.75) is 32.5 Å². The summed E-state index contributed by atoms with van der Waals surface area (Å²) in [6.07, 6.45) is 2.66. The Morgan fingerprint density at radius 1 is 1.19 bits per heavy atom. The fraction of sp³-hybridized carbons (Fsp3) is 0.333. The van der Waals surface area contributed by atoms with Crippen molar-refractivity contribution in [2.75, 3.05) is 20.2 Å². The van der Waals surface area contributed by atoms with Crippen LogP contribution < -0.4 is 10.1 Å². The summed E-state index contributed by atoms with van der Waals surface area (Å²) in [5, 5.41) is 3.87. The Kier molecular flexibility index (Phi) is 6.59. The van der Waals surface area contributed by atoms with Gasteiger partial charge in [0.25, 0.3) is 5.91 Å². The lowest BCUT2D eigenvalue weighted by Crippen LogP contribution is -2.37. The second-order valence-corrected chi connectivity index (χ2v) is 8.42. The quantitative estimate of drug-likeness (QED) is 0.607. The Morgan fingerprint density at radius 2 is 2.00 bits per heavy atom. The number of rotatable bonds is 7. The first-order chi connectivity index (χ1) is 15.0. The van der Waals surface area contributed by atoms with Crippen LogP contribution >= 0.6 is 11.6 Å². The molecular weight excluding hydrogens is 412 g/mol. The lowest BCUT2D eigenvalue weighted by atomic mass is 10.2. The molecule has 1 aliphatic rings. The van der Waals surface area contributed by atoms with Gasteiger partial charge in [-0.2, -0.15) is 0 Å². The van der Waals surface area contributed by atoms with Crippen LogP contribution in [0.5, 0.6) is 5.75 Å². The molecule has 31 heavy (non-hydrogen) atoms. The van der Waals surface area contributed by atoms with Crippen LogP contribution in [-0.2, 0) is 13.1 Å². The third-order valence-corrected chi connectivity index (χ3v) is 5.98. The fourth-order valence-corrected chi connectivity index (χ4v) is 4.12. The second kappa shape index (κ2) is 9.54. The van der Waals surface area contributed by atoms with Gasteiger partial charge in [0.15, 0.2) is 0 Å². The summed E-state index contributed by atoms with van der Waals surface area (Å²) in [6, 6.07) is 15.9. The first-order valence-corrected chi connectivity index (χ1v) is 10.8. The molecule has 2 aromatic carbocycles. The molecule has 1 fully saturated rings. The maximum atomic E-state index is 12.8. The van der Waals surface area contributed by atoms with E-state index in [2.05, 4.69) is 27.3 Å². The first kappa shape index (κ1) is 21.4. The highest BCUT2D eigenvalue weighted by Gasteiger charge is 2.26. The molecule has 1 aromatic heterocycles. The standard InChI is InChI=1S/C24H27ClN4O2/c1-17-23(26-16-29(17)14-18-6-8-20(25)9-7-18)24(30)27-21-10-11-28(15-21)13-19-4-3-5-22(12-19)31-2/h3-9,12,16,21H,10-11,13-15H2,1-2H3,(H,27,30). The number of nitrogens with one attached hydrogen (secondary N) is 1. The average Bonchev–Trinajstić information content (AvgIpc) is 3.36. The molecule has 0 radical (unpaired) electrons. The molecule has 7 heteroatoms. The van der Waals surface area contributed by atoms with Gasteiger partial charge in [-0.05, 0) is 48.7 Å². The maximum absolute atomic E-state index is 12.8. The molecule has 0 saturated carbocycles. The van der Waals surface area contributed by atoms with E-state index in [9.17, 15) is 4.79 Å². The van der Waals surface area contributed by atoms with E-state index in [1.54, 1.807) is 13.4 Å². The second-order valence-electron chi connectivity index (χ2n) is 7.98. The van der Waals surface area contributed by atoms with Crippen molar-refractivity contribution in [3.8, 4) is 5.75 Å². The molecular formula is C24H27ClN4O2. The van der Waals surface area contributed by atoms with Gasteiger partial charge in [0.1, 0.15) is 11.4 Å². The van der Waals surface area contributed by atoms with Gasteiger partial charge in [-0.25, -0.2) is 4.98 Å². The number of nitrogens with zero attached hydrogens (tertiary/aromatic N) is 3. The van der Waals surface area contributed by atoms with E-state index in [0.29, 0.717) is 17.3 Å². The number of aromatic nitrogens is 2. The summed E-state index contributed by atoms with van der Waals surface area (Å²) in [6.45, 7) is 5.21. The third-order valence-electron chi connectivity index (χ3n) is 5.73. The molecule has 6 nitrogen and oxygen atoms in total. The minimum absolute atomic E-state index is 0.111. The number of amides is 1. The molecule has 3 aromatic rings. The molecule has 0 bridgehead atoms. The van der Waals surface area contributed by atoms with E-state index < -0.39 is 0 Å². The van der Waals surface area contributed by atoms with E-state index in [-0.39, 0.29) is 11.9 Å². The van der Waals surface area contributed by atoms with Gasteiger partial charge in [-0.1, -0.05) is 35.9 Å². The summed E-state index contributed by atoms with van der Waals surface area (Å²) in [5.74, 6) is 0.756.